The number of rotatable bonds is 2. The minimum absolute atomic E-state index is 0.0849. The van der Waals surface area contributed by atoms with Crippen LogP contribution >= 0.6 is 11.3 Å². The fourth-order valence-electron chi connectivity index (χ4n) is 2.20. The van der Waals surface area contributed by atoms with Crippen molar-refractivity contribution in [3.63, 3.8) is 0 Å². The van der Waals surface area contributed by atoms with E-state index in [1.807, 2.05) is 0 Å². The number of alkyl halides is 3. The lowest BCUT2D eigenvalue weighted by Crippen LogP contribution is -2.13. The highest BCUT2D eigenvalue weighted by atomic mass is 32.1. The third-order valence-corrected chi connectivity index (χ3v) is 4.14. The summed E-state index contributed by atoms with van der Waals surface area (Å²) in [6, 6.07) is 3.79. The molecule has 5 nitrogen and oxygen atoms in total. The van der Waals surface area contributed by atoms with Crippen LogP contribution < -0.4 is 5.32 Å². The Hall–Kier alpha value is -2.42. The number of aryl methyl sites for hydroxylation is 2. The molecule has 2 heterocycles. The molecular weight excluding hydrogens is 331 g/mol. The molecule has 9 heteroatoms. The van der Waals surface area contributed by atoms with Gasteiger partial charge in [-0.1, -0.05) is 22.6 Å². The molecule has 0 bridgehead atoms. The largest absolute Gasteiger partial charge is 0.418 e. The molecule has 0 spiro atoms. The van der Waals surface area contributed by atoms with Crippen molar-refractivity contribution in [1.82, 2.24) is 10.1 Å². The van der Waals surface area contributed by atoms with Crippen LogP contribution in [0, 0.1) is 13.8 Å². The highest BCUT2D eigenvalue weighted by Crippen LogP contribution is 2.37. The number of benzene rings is 1. The zero-order valence-corrected chi connectivity index (χ0v) is 12.8. The highest BCUT2D eigenvalue weighted by Gasteiger charge is 2.33. The first kappa shape index (κ1) is 15.5. The van der Waals surface area contributed by atoms with Gasteiger partial charge in [0, 0.05) is 0 Å². The molecule has 0 saturated carbocycles. The number of hydrogen-bond donors (Lipinski definition) is 1. The first-order valence-corrected chi connectivity index (χ1v) is 7.30. The van der Waals surface area contributed by atoms with Gasteiger partial charge in [-0.25, -0.2) is 4.98 Å². The van der Waals surface area contributed by atoms with Crippen LogP contribution in [0.25, 0.3) is 10.2 Å². The van der Waals surface area contributed by atoms with Crippen LogP contribution in [0.3, 0.4) is 0 Å². The fraction of sp³-hybridized carbons (Fsp3) is 0.214. The SMILES string of the molecule is Cc1noc(C)c1C(=O)Nc1nc2c(C(F)(F)F)cccc2s1. The summed E-state index contributed by atoms with van der Waals surface area (Å²) in [6.07, 6.45) is -4.50. The lowest BCUT2D eigenvalue weighted by molar-refractivity contribution is -0.136. The average Bonchev–Trinajstić information content (AvgIpc) is 2.99. The first-order valence-electron chi connectivity index (χ1n) is 6.48. The van der Waals surface area contributed by atoms with Gasteiger partial charge >= 0.3 is 6.18 Å². The van der Waals surface area contributed by atoms with Crippen molar-refractivity contribution >= 4 is 32.6 Å². The van der Waals surface area contributed by atoms with E-state index < -0.39 is 17.6 Å². The number of nitrogens with zero attached hydrogens (tertiary/aromatic N) is 2. The molecule has 1 aromatic carbocycles. The van der Waals surface area contributed by atoms with Crippen molar-refractivity contribution in [3.8, 4) is 0 Å². The van der Waals surface area contributed by atoms with Gasteiger partial charge in [0.25, 0.3) is 5.91 Å². The van der Waals surface area contributed by atoms with Gasteiger partial charge in [-0.05, 0) is 26.0 Å². The Morgan fingerprint density at radius 3 is 2.65 bits per heavy atom. The summed E-state index contributed by atoms with van der Waals surface area (Å²) in [5.74, 6) is -0.189. The first-order chi connectivity index (χ1) is 10.8. The van der Waals surface area contributed by atoms with Crippen molar-refractivity contribution in [2.24, 2.45) is 0 Å². The van der Waals surface area contributed by atoms with Crippen LogP contribution in [0.15, 0.2) is 22.7 Å². The van der Waals surface area contributed by atoms with E-state index in [4.69, 9.17) is 4.52 Å². The number of amides is 1. The third kappa shape index (κ3) is 2.79. The maximum atomic E-state index is 13.0. The summed E-state index contributed by atoms with van der Waals surface area (Å²) < 4.78 is 44.2. The average molecular weight is 341 g/mol. The Labute approximate surface area is 132 Å². The highest BCUT2D eigenvalue weighted by molar-refractivity contribution is 7.22. The lowest BCUT2D eigenvalue weighted by atomic mass is 10.2. The molecule has 0 radical (unpaired) electrons. The summed E-state index contributed by atoms with van der Waals surface area (Å²) in [5, 5.41) is 6.25. The monoisotopic (exact) mass is 341 g/mol. The van der Waals surface area contributed by atoms with E-state index in [-0.39, 0.29) is 16.2 Å². The van der Waals surface area contributed by atoms with E-state index in [9.17, 15) is 18.0 Å². The van der Waals surface area contributed by atoms with E-state index in [1.165, 1.54) is 12.1 Å². The third-order valence-electron chi connectivity index (χ3n) is 3.21. The van der Waals surface area contributed by atoms with E-state index in [0.29, 0.717) is 16.2 Å². The Kier molecular flexibility index (Phi) is 3.59. The Bertz CT molecular complexity index is 879. The van der Waals surface area contributed by atoms with Gasteiger partial charge in [-0.15, -0.1) is 0 Å². The van der Waals surface area contributed by atoms with Crippen molar-refractivity contribution in [3.05, 3.63) is 40.8 Å². The fourth-order valence-corrected chi connectivity index (χ4v) is 3.09. The molecule has 0 aliphatic rings. The molecule has 1 amide bonds. The predicted octanol–water partition coefficient (Wildman–Crippen LogP) is 4.17. The van der Waals surface area contributed by atoms with Crippen molar-refractivity contribution in [1.29, 1.82) is 0 Å². The number of nitrogens with one attached hydrogen (secondary N) is 1. The van der Waals surface area contributed by atoms with Gasteiger partial charge in [0.1, 0.15) is 11.3 Å². The number of halogens is 3. The van der Waals surface area contributed by atoms with E-state index >= 15 is 0 Å². The molecule has 0 aliphatic carbocycles. The molecule has 23 heavy (non-hydrogen) atoms. The molecule has 0 fully saturated rings. The smallest absolute Gasteiger partial charge is 0.361 e. The van der Waals surface area contributed by atoms with Crippen LogP contribution in [0.1, 0.15) is 27.4 Å². The predicted molar refractivity (Wildman–Crippen MR) is 78.6 cm³/mol. The quantitative estimate of drug-likeness (QED) is 0.759. The molecule has 120 valence electrons. The normalized spacial score (nSPS) is 11.9. The van der Waals surface area contributed by atoms with Gasteiger partial charge in [-0.3, -0.25) is 10.1 Å². The molecule has 0 saturated heterocycles. The van der Waals surface area contributed by atoms with Crippen LogP contribution in [-0.4, -0.2) is 16.0 Å². The maximum Gasteiger partial charge on any atom is 0.418 e. The number of fused-ring (bicyclic) bond motifs is 1. The zero-order valence-electron chi connectivity index (χ0n) is 12.0. The number of thiazole rings is 1. The summed E-state index contributed by atoms with van der Waals surface area (Å²) >= 11 is 0.971. The number of anilines is 1. The van der Waals surface area contributed by atoms with Crippen molar-refractivity contribution in [2.75, 3.05) is 5.32 Å². The number of para-hydroxylation sites is 1. The number of carbonyl (C=O) groups excluding carboxylic acids is 1. The van der Waals surface area contributed by atoms with Gasteiger partial charge in [0.2, 0.25) is 0 Å². The number of aromatic nitrogens is 2. The second kappa shape index (κ2) is 5.34. The Balaban J connectivity index is 1.97. The molecule has 3 rings (SSSR count). The van der Waals surface area contributed by atoms with Gasteiger partial charge in [-0.2, -0.15) is 13.2 Å². The molecular formula is C14H10F3N3O2S. The van der Waals surface area contributed by atoms with Crippen LogP contribution in [0.2, 0.25) is 0 Å². The minimum Gasteiger partial charge on any atom is -0.361 e. The van der Waals surface area contributed by atoms with E-state index in [2.05, 4.69) is 15.5 Å². The van der Waals surface area contributed by atoms with Crippen molar-refractivity contribution < 1.29 is 22.5 Å². The second-order valence-electron chi connectivity index (χ2n) is 4.82. The lowest BCUT2D eigenvalue weighted by Gasteiger charge is -2.06. The topological polar surface area (TPSA) is 68.0 Å². The Morgan fingerprint density at radius 2 is 2.04 bits per heavy atom. The zero-order chi connectivity index (χ0) is 16.8. The standard InChI is InChI=1S/C14H10F3N3O2S/c1-6-10(7(2)22-20-6)12(21)19-13-18-11-8(14(15,16)17)4-3-5-9(11)23-13/h3-5H,1-2H3,(H,18,19,21). The second-order valence-corrected chi connectivity index (χ2v) is 5.85. The molecule has 0 unspecified atom stereocenters. The van der Waals surface area contributed by atoms with Crippen LogP contribution in [0.4, 0.5) is 18.3 Å². The van der Waals surface area contributed by atoms with Gasteiger partial charge in [0.15, 0.2) is 5.13 Å². The molecule has 0 atom stereocenters. The summed E-state index contributed by atoms with van der Waals surface area (Å²) in [6.45, 7) is 3.18. The van der Waals surface area contributed by atoms with Crippen molar-refractivity contribution in [2.45, 2.75) is 20.0 Å². The summed E-state index contributed by atoms with van der Waals surface area (Å²) in [4.78, 5) is 16.1. The van der Waals surface area contributed by atoms with Gasteiger partial charge < -0.3 is 4.52 Å². The Morgan fingerprint density at radius 1 is 1.30 bits per heavy atom. The van der Waals surface area contributed by atoms with Crippen LogP contribution in [-0.2, 0) is 6.18 Å². The van der Waals surface area contributed by atoms with Crippen LogP contribution in [0.5, 0.6) is 0 Å². The summed E-state index contributed by atoms with van der Waals surface area (Å²) in [5.41, 5.74) is -0.361. The van der Waals surface area contributed by atoms with Gasteiger partial charge in [0.05, 0.1) is 21.5 Å². The number of carbonyl (C=O) groups is 1. The molecule has 3 aromatic rings. The molecule has 0 aliphatic heterocycles. The minimum atomic E-state index is -4.50. The van der Waals surface area contributed by atoms with E-state index in [0.717, 1.165) is 17.4 Å². The number of hydrogen-bond acceptors (Lipinski definition) is 5. The molecule has 2 aromatic heterocycles. The maximum absolute atomic E-state index is 13.0. The summed E-state index contributed by atoms with van der Waals surface area (Å²) in [7, 11) is 0. The molecule has 1 N–H and O–H groups in total. The van der Waals surface area contributed by atoms with E-state index in [1.54, 1.807) is 13.8 Å².